The molecule has 1 aromatic carbocycles. The Labute approximate surface area is 260 Å². The van der Waals surface area contributed by atoms with E-state index in [4.69, 9.17) is 26.2 Å². The van der Waals surface area contributed by atoms with E-state index >= 15 is 0 Å². The number of anilines is 1. The maximum absolute atomic E-state index is 14.8. The number of aliphatic hydroxyl groups excluding tert-OH is 4. The highest BCUT2D eigenvalue weighted by Gasteiger charge is 2.57. The van der Waals surface area contributed by atoms with Gasteiger partial charge in [-0.05, 0) is 43.2 Å². The van der Waals surface area contributed by atoms with Crippen LogP contribution in [0.25, 0.3) is 0 Å². The summed E-state index contributed by atoms with van der Waals surface area (Å²) < 4.78 is 26.3. The highest BCUT2D eigenvalue weighted by molar-refractivity contribution is 6.30. The maximum Gasteiger partial charge on any atom is 0.227 e. The number of hydrogen-bond donors (Lipinski definition) is 5. The van der Waals surface area contributed by atoms with E-state index in [9.17, 15) is 24.5 Å². The number of piperidine rings is 1. The summed E-state index contributed by atoms with van der Waals surface area (Å²) in [6.07, 6.45) is 2.94. The Kier molecular flexibility index (Phi) is 10.9. The third-order valence-corrected chi connectivity index (χ3v) is 9.08. The molecule has 0 aliphatic carbocycles. The zero-order valence-corrected chi connectivity index (χ0v) is 25.3. The van der Waals surface area contributed by atoms with Gasteiger partial charge in [0.1, 0.15) is 29.4 Å². The molecule has 3 aliphatic heterocycles. The van der Waals surface area contributed by atoms with Gasteiger partial charge in [-0.15, -0.1) is 0 Å². The fraction of sp³-hybridized carbons (Fsp3) is 0.633. The van der Waals surface area contributed by atoms with Crippen LogP contribution in [0.15, 0.2) is 30.6 Å². The number of benzene rings is 1. The van der Waals surface area contributed by atoms with Crippen LogP contribution in [0, 0.1) is 11.7 Å². The number of amides is 1. The van der Waals surface area contributed by atoms with Crippen molar-refractivity contribution in [1.29, 1.82) is 0 Å². The number of nitrogens with one attached hydrogen (secondary N) is 1. The average molecular weight is 638 g/mol. The summed E-state index contributed by atoms with van der Waals surface area (Å²) in [7, 11) is 0. The summed E-state index contributed by atoms with van der Waals surface area (Å²) in [5.41, 5.74) is -0.294. The van der Waals surface area contributed by atoms with Crippen molar-refractivity contribution in [2.45, 2.75) is 62.1 Å². The van der Waals surface area contributed by atoms with Crippen LogP contribution in [0.5, 0.6) is 5.75 Å². The molecule has 5 N–H and O–H groups in total. The van der Waals surface area contributed by atoms with Gasteiger partial charge in [0.25, 0.3) is 0 Å². The minimum absolute atomic E-state index is 0.0120. The average Bonchev–Trinajstić information content (AvgIpc) is 2.99. The number of aromatic nitrogens is 2. The van der Waals surface area contributed by atoms with Gasteiger partial charge in [-0.2, -0.15) is 0 Å². The van der Waals surface area contributed by atoms with Gasteiger partial charge in [-0.1, -0.05) is 17.7 Å². The van der Waals surface area contributed by atoms with Gasteiger partial charge in [-0.25, -0.2) is 14.4 Å². The first-order valence-electron chi connectivity index (χ1n) is 15.1. The molecule has 3 aliphatic rings. The first-order chi connectivity index (χ1) is 21.2. The molecule has 3 fully saturated rings. The first-order valence-corrected chi connectivity index (χ1v) is 15.5. The number of nitrogens with zero attached hydrogens (tertiary/aromatic N) is 4. The Bertz CT molecular complexity index is 1250. The van der Waals surface area contributed by atoms with Crippen molar-refractivity contribution in [2.24, 2.45) is 5.92 Å². The number of halogens is 2. The van der Waals surface area contributed by atoms with Crippen LogP contribution in [0.2, 0.25) is 5.02 Å². The summed E-state index contributed by atoms with van der Waals surface area (Å²) >= 11 is 5.88. The molecule has 242 valence electrons. The molecule has 4 atom stereocenters. The van der Waals surface area contributed by atoms with E-state index < -0.39 is 36.3 Å². The van der Waals surface area contributed by atoms with Crippen molar-refractivity contribution >= 4 is 23.5 Å². The van der Waals surface area contributed by atoms with Crippen molar-refractivity contribution < 1.29 is 39.1 Å². The number of ether oxygens (including phenoxy) is 2. The lowest BCUT2D eigenvalue weighted by atomic mass is 9.81. The minimum atomic E-state index is -1.48. The Hall–Kier alpha value is -2.65. The zero-order valence-electron chi connectivity index (χ0n) is 24.5. The Balaban J connectivity index is 0.981. The van der Waals surface area contributed by atoms with Crippen LogP contribution >= 0.6 is 11.6 Å². The van der Waals surface area contributed by atoms with Crippen LogP contribution in [-0.2, 0) is 16.0 Å². The summed E-state index contributed by atoms with van der Waals surface area (Å²) in [5.74, 6) is 1.04. The van der Waals surface area contributed by atoms with Gasteiger partial charge in [0.2, 0.25) is 11.9 Å². The monoisotopic (exact) mass is 637 g/mol. The summed E-state index contributed by atoms with van der Waals surface area (Å²) in [4.78, 5) is 25.2. The SMILES string of the molecule is O=C(Cc1ccc(OCCCC2CCN(c3ncc(Cl)cn3)CC2)cc1F)N1CC2(C1)OCC2NCC(O)C(O)C(O)CO. The number of rotatable bonds is 14. The molecule has 4 unspecified atom stereocenters. The molecular formula is C30H41ClFN5O7. The lowest BCUT2D eigenvalue weighted by molar-refractivity contribution is -0.243. The smallest absolute Gasteiger partial charge is 0.227 e. The molecule has 5 rings (SSSR count). The van der Waals surface area contributed by atoms with Gasteiger partial charge >= 0.3 is 0 Å². The van der Waals surface area contributed by atoms with Crippen molar-refractivity contribution in [2.75, 3.05) is 57.4 Å². The van der Waals surface area contributed by atoms with E-state index in [-0.39, 0.29) is 24.9 Å². The highest BCUT2D eigenvalue weighted by Crippen LogP contribution is 2.37. The quantitative estimate of drug-likeness (QED) is 0.184. The van der Waals surface area contributed by atoms with Crippen LogP contribution in [0.4, 0.5) is 10.3 Å². The zero-order chi connectivity index (χ0) is 31.3. The first kappa shape index (κ1) is 32.7. The van der Waals surface area contributed by atoms with Gasteiger partial charge in [-0.3, -0.25) is 4.79 Å². The molecular weight excluding hydrogens is 597 g/mol. The predicted octanol–water partition coefficient (Wildman–Crippen LogP) is 0.532. The standard InChI is InChI=1S/C30H41ClFN5O7/c31-21-12-34-29(35-13-21)36-7-5-19(6-8-36)2-1-9-43-22-4-3-20(23(32)11-22)10-27(41)37-17-30(18-37)26(16-44-30)33-14-24(39)28(42)25(40)15-38/h3-4,11-13,19,24-26,28,33,38-40,42H,1-2,5-10,14-18H2. The van der Waals surface area contributed by atoms with Gasteiger partial charge < -0.3 is 45.0 Å². The summed E-state index contributed by atoms with van der Waals surface area (Å²) in [5, 5.41) is 41.8. The number of likely N-dealkylation sites (tertiary alicyclic amines) is 1. The van der Waals surface area contributed by atoms with E-state index in [1.165, 1.54) is 6.07 Å². The highest BCUT2D eigenvalue weighted by atomic mass is 35.5. The van der Waals surface area contributed by atoms with Crippen LogP contribution in [-0.4, -0.2) is 124 Å². The fourth-order valence-electron chi connectivity index (χ4n) is 5.97. The van der Waals surface area contributed by atoms with Crippen LogP contribution in [0.3, 0.4) is 0 Å². The van der Waals surface area contributed by atoms with E-state index in [2.05, 4.69) is 20.2 Å². The van der Waals surface area contributed by atoms with E-state index in [1.54, 1.807) is 29.4 Å². The topological polar surface area (TPSA) is 161 Å². The minimum Gasteiger partial charge on any atom is -0.493 e. The molecule has 0 saturated carbocycles. The van der Waals surface area contributed by atoms with E-state index in [0.29, 0.717) is 54.5 Å². The molecule has 12 nitrogen and oxygen atoms in total. The molecule has 1 aromatic heterocycles. The molecule has 1 spiro atoms. The van der Waals surface area contributed by atoms with Crippen LogP contribution < -0.4 is 15.0 Å². The molecule has 1 amide bonds. The molecule has 14 heteroatoms. The second kappa shape index (κ2) is 14.6. The van der Waals surface area contributed by atoms with E-state index in [1.807, 2.05) is 0 Å². The Morgan fingerprint density at radius 1 is 1.18 bits per heavy atom. The third-order valence-electron chi connectivity index (χ3n) is 8.89. The lowest BCUT2D eigenvalue weighted by Gasteiger charge is -2.60. The van der Waals surface area contributed by atoms with Crippen molar-refractivity contribution in [3.63, 3.8) is 0 Å². The second-order valence-corrected chi connectivity index (χ2v) is 12.4. The summed E-state index contributed by atoms with van der Waals surface area (Å²) in [6, 6.07) is 4.46. The lowest BCUT2D eigenvalue weighted by Crippen LogP contribution is -2.80. The predicted molar refractivity (Wildman–Crippen MR) is 159 cm³/mol. The normalized spacial score (nSPS) is 21.8. The Morgan fingerprint density at radius 2 is 1.91 bits per heavy atom. The number of aliphatic hydroxyl groups is 4. The molecule has 2 aromatic rings. The second-order valence-electron chi connectivity index (χ2n) is 11.9. The largest absolute Gasteiger partial charge is 0.493 e. The van der Waals surface area contributed by atoms with Crippen molar-refractivity contribution in [3.8, 4) is 5.75 Å². The fourth-order valence-corrected chi connectivity index (χ4v) is 6.07. The van der Waals surface area contributed by atoms with Gasteiger partial charge in [0.15, 0.2) is 0 Å². The number of hydrogen-bond acceptors (Lipinski definition) is 11. The van der Waals surface area contributed by atoms with E-state index in [0.717, 1.165) is 38.8 Å². The molecule has 3 saturated heterocycles. The van der Waals surface area contributed by atoms with Crippen LogP contribution in [0.1, 0.15) is 31.2 Å². The molecule has 0 radical (unpaired) electrons. The van der Waals surface area contributed by atoms with Crippen molar-refractivity contribution in [3.05, 3.63) is 47.0 Å². The number of carbonyl (C=O) groups is 1. The Morgan fingerprint density at radius 3 is 2.55 bits per heavy atom. The van der Waals surface area contributed by atoms with Gasteiger partial charge in [0, 0.05) is 25.7 Å². The summed E-state index contributed by atoms with van der Waals surface area (Å²) in [6.45, 7) is 2.65. The number of carbonyl (C=O) groups excluding carboxylic acids is 1. The van der Waals surface area contributed by atoms with Crippen molar-refractivity contribution in [1.82, 2.24) is 20.2 Å². The molecule has 44 heavy (non-hydrogen) atoms. The van der Waals surface area contributed by atoms with Gasteiger partial charge in [0.05, 0.1) is 68.9 Å². The maximum atomic E-state index is 14.8. The third kappa shape index (κ3) is 7.76. The molecule has 4 heterocycles. The molecule has 0 bridgehead atoms.